The Balaban J connectivity index is 1.53. The van der Waals surface area contributed by atoms with Crippen LogP contribution in [0.3, 0.4) is 0 Å². The molecule has 1 fully saturated rings. The van der Waals surface area contributed by atoms with E-state index in [0.717, 1.165) is 60.8 Å². The van der Waals surface area contributed by atoms with Crippen molar-refractivity contribution < 1.29 is 8.81 Å². The molecule has 1 aliphatic rings. The Morgan fingerprint density at radius 3 is 3.04 bits per heavy atom. The molecule has 0 saturated carbocycles. The second kappa shape index (κ2) is 6.84. The summed E-state index contributed by atoms with van der Waals surface area (Å²) in [5.74, 6) is 2.10. The van der Waals surface area contributed by atoms with Crippen molar-refractivity contribution in [3.05, 3.63) is 65.6 Å². The standard InChI is InChI=1S/C20H22FN3O/c1-14-7-8-18(25-14)13-24-9-3-5-16(12-24)20-19(11-22-23-20)15-4-2-6-17(21)10-15/h2,4,6-8,10-11,16H,3,5,9,12-13H2,1H3,(H,22,23)/t16-/m0/s1. The van der Waals surface area contributed by atoms with E-state index in [9.17, 15) is 4.39 Å². The van der Waals surface area contributed by atoms with Crippen LogP contribution in [0.4, 0.5) is 4.39 Å². The summed E-state index contributed by atoms with van der Waals surface area (Å²) in [5.41, 5.74) is 2.98. The quantitative estimate of drug-likeness (QED) is 0.761. The topological polar surface area (TPSA) is 45.1 Å². The van der Waals surface area contributed by atoms with E-state index in [0.29, 0.717) is 5.92 Å². The zero-order chi connectivity index (χ0) is 17.2. The van der Waals surface area contributed by atoms with Gasteiger partial charge in [-0.05, 0) is 56.1 Å². The fourth-order valence-corrected chi connectivity index (χ4v) is 3.72. The van der Waals surface area contributed by atoms with Gasteiger partial charge in [-0.15, -0.1) is 0 Å². The van der Waals surface area contributed by atoms with Crippen molar-refractivity contribution in [3.8, 4) is 11.1 Å². The Bertz CT molecular complexity index is 854. The molecule has 130 valence electrons. The first-order valence-electron chi connectivity index (χ1n) is 8.76. The van der Waals surface area contributed by atoms with Gasteiger partial charge in [0.05, 0.1) is 12.7 Å². The maximum Gasteiger partial charge on any atom is 0.123 e. The molecule has 25 heavy (non-hydrogen) atoms. The van der Waals surface area contributed by atoms with Gasteiger partial charge in [-0.3, -0.25) is 10.00 Å². The van der Waals surface area contributed by atoms with E-state index >= 15 is 0 Å². The molecule has 4 nitrogen and oxygen atoms in total. The predicted octanol–water partition coefficient (Wildman–Crippen LogP) is 4.50. The Morgan fingerprint density at radius 2 is 2.24 bits per heavy atom. The Labute approximate surface area is 146 Å². The molecule has 1 atom stereocenters. The molecular formula is C20H22FN3O. The summed E-state index contributed by atoms with van der Waals surface area (Å²) < 4.78 is 19.3. The Hall–Kier alpha value is -2.40. The fraction of sp³-hybridized carbons (Fsp3) is 0.350. The van der Waals surface area contributed by atoms with Gasteiger partial charge in [-0.25, -0.2) is 4.39 Å². The Kier molecular flexibility index (Phi) is 4.40. The van der Waals surface area contributed by atoms with Crippen molar-refractivity contribution >= 4 is 0 Å². The number of likely N-dealkylation sites (tertiary alicyclic amines) is 1. The average Bonchev–Trinajstić information content (AvgIpc) is 3.24. The monoisotopic (exact) mass is 339 g/mol. The van der Waals surface area contributed by atoms with Crippen molar-refractivity contribution in [2.75, 3.05) is 13.1 Å². The minimum absolute atomic E-state index is 0.219. The van der Waals surface area contributed by atoms with E-state index in [4.69, 9.17) is 4.42 Å². The lowest BCUT2D eigenvalue weighted by Gasteiger charge is -2.32. The third-order valence-electron chi connectivity index (χ3n) is 4.89. The van der Waals surface area contributed by atoms with Crippen LogP contribution >= 0.6 is 0 Å². The highest BCUT2D eigenvalue weighted by Gasteiger charge is 2.25. The van der Waals surface area contributed by atoms with E-state index in [2.05, 4.69) is 15.1 Å². The third-order valence-corrected chi connectivity index (χ3v) is 4.89. The molecule has 1 aromatic carbocycles. The summed E-state index contributed by atoms with van der Waals surface area (Å²) in [6, 6.07) is 10.8. The molecule has 3 heterocycles. The summed E-state index contributed by atoms with van der Waals surface area (Å²) in [7, 11) is 0. The zero-order valence-electron chi connectivity index (χ0n) is 14.3. The number of hydrogen-bond donors (Lipinski definition) is 1. The molecule has 1 N–H and O–H groups in total. The van der Waals surface area contributed by atoms with Crippen LogP contribution in [0.5, 0.6) is 0 Å². The second-order valence-corrected chi connectivity index (χ2v) is 6.79. The van der Waals surface area contributed by atoms with Crippen LogP contribution in [-0.2, 0) is 6.54 Å². The van der Waals surface area contributed by atoms with Gasteiger partial charge in [0.1, 0.15) is 17.3 Å². The number of nitrogens with zero attached hydrogens (tertiary/aromatic N) is 2. The van der Waals surface area contributed by atoms with Crippen LogP contribution < -0.4 is 0 Å². The van der Waals surface area contributed by atoms with E-state index in [1.807, 2.05) is 25.1 Å². The number of nitrogens with one attached hydrogen (secondary N) is 1. The van der Waals surface area contributed by atoms with Crippen LogP contribution in [0.25, 0.3) is 11.1 Å². The summed E-state index contributed by atoms with van der Waals surface area (Å²) in [4.78, 5) is 2.42. The van der Waals surface area contributed by atoms with Crippen molar-refractivity contribution in [2.45, 2.75) is 32.2 Å². The summed E-state index contributed by atoms with van der Waals surface area (Å²) in [6.45, 7) is 4.82. The number of aromatic amines is 1. The maximum absolute atomic E-state index is 13.6. The molecule has 4 rings (SSSR count). The number of benzene rings is 1. The zero-order valence-corrected chi connectivity index (χ0v) is 14.3. The van der Waals surface area contributed by atoms with Crippen LogP contribution in [0.1, 0.15) is 36.0 Å². The maximum atomic E-state index is 13.6. The number of halogens is 1. The molecule has 3 aromatic rings. The molecule has 0 amide bonds. The van der Waals surface area contributed by atoms with Gasteiger partial charge >= 0.3 is 0 Å². The van der Waals surface area contributed by atoms with Crippen LogP contribution in [0.15, 0.2) is 47.0 Å². The second-order valence-electron chi connectivity index (χ2n) is 6.79. The molecule has 2 aromatic heterocycles. The molecular weight excluding hydrogens is 317 g/mol. The van der Waals surface area contributed by atoms with Crippen molar-refractivity contribution in [1.29, 1.82) is 0 Å². The third kappa shape index (κ3) is 3.51. The van der Waals surface area contributed by atoms with Crippen molar-refractivity contribution in [1.82, 2.24) is 15.1 Å². The van der Waals surface area contributed by atoms with E-state index in [1.54, 1.807) is 18.3 Å². The normalized spacial score (nSPS) is 18.6. The summed E-state index contributed by atoms with van der Waals surface area (Å²) in [6.07, 6.45) is 4.04. The lowest BCUT2D eigenvalue weighted by Crippen LogP contribution is -2.34. The molecule has 0 radical (unpaired) electrons. The Morgan fingerprint density at radius 1 is 1.32 bits per heavy atom. The van der Waals surface area contributed by atoms with Crippen LogP contribution in [-0.4, -0.2) is 28.2 Å². The molecule has 0 bridgehead atoms. The van der Waals surface area contributed by atoms with Crippen molar-refractivity contribution in [3.63, 3.8) is 0 Å². The average molecular weight is 339 g/mol. The van der Waals surface area contributed by atoms with Gasteiger partial charge in [0, 0.05) is 23.7 Å². The minimum atomic E-state index is -0.219. The number of hydrogen-bond acceptors (Lipinski definition) is 3. The largest absolute Gasteiger partial charge is 0.465 e. The summed E-state index contributed by atoms with van der Waals surface area (Å²) in [5, 5.41) is 7.39. The highest BCUT2D eigenvalue weighted by molar-refractivity contribution is 5.65. The van der Waals surface area contributed by atoms with Gasteiger partial charge in [0.2, 0.25) is 0 Å². The number of piperidine rings is 1. The molecule has 5 heteroatoms. The van der Waals surface area contributed by atoms with E-state index in [-0.39, 0.29) is 5.82 Å². The minimum Gasteiger partial charge on any atom is -0.465 e. The SMILES string of the molecule is Cc1ccc(CN2CCC[C@H](c3[nH]ncc3-c3cccc(F)c3)C2)o1. The van der Waals surface area contributed by atoms with Gasteiger partial charge in [0.15, 0.2) is 0 Å². The number of aromatic nitrogens is 2. The molecule has 1 aliphatic heterocycles. The van der Waals surface area contributed by atoms with Gasteiger partial charge < -0.3 is 4.42 Å². The van der Waals surface area contributed by atoms with Gasteiger partial charge in [-0.2, -0.15) is 5.10 Å². The lowest BCUT2D eigenvalue weighted by atomic mass is 9.90. The van der Waals surface area contributed by atoms with Gasteiger partial charge in [-0.1, -0.05) is 12.1 Å². The highest BCUT2D eigenvalue weighted by atomic mass is 19.1. The fourth-order valence-electron chi connectivity index (χ4n) is 3.72. The predicted molar refractivity (Wildman–Crippen MR) is 94.7 cm³/mol. The number of rotatable bonds is 4. The smallest absolute Gasteiger partial charge is 0.123 e. The lowest BCUT2D eigenvalue weighted by molar-refractivity contribution is 0.184. The highest BCUT2D eigenvalue weighted by Crippen LogP contribution is 2.33. The van der Waals surface area contributed by atoms with Crippen LogP contribution in [0.2, 0.25) is 0 Å². The number of aryl methyl sites for hydroxylation is 1. The molecule has 0 spiro atoms. The van der Waals surface area contributed by atoms with E-state index in [1.165, 1.54) is 6.07 Å². The molecule has 1 saturated heterocycles. The summed E-state index contributed by atoms with van der Waals surface area (Å²) >= 11 is 0. The molecule has 0 unspecified atom stereocenters. The van der Waals surface area contributed by atoms with Crippen molar-refractivity contribution in [2.24, 2.45) is 0 Å². The number of H-pyrrole nitrogens is 1. The first-order valence-corrected chi connectivity index (χ1v) is 8.76. The first-order chi connectivity index (χ1) is 12.2. The first kappa shape index (κ1) is 16.1. The number of furan rings is 1. The van der Waals surface area contributed by atoms with Gasteiger partial charge in [0.25, 0.3) is 0 Å². The molecule has 0 aliphatic carbocycles. The van der Waals surface area contributed by atoms with Crippen LogP contribution in [0, 0.1) is 12.7 Å². The van der Waals surface area contributed by atoms with E-state index < -0.39 is 0 Å².